The number of carbonyl (C=O) groups excluding carboxylic acids is 1. The fourth-order valence-electron chi connectivity index (χ4n) is 3.28. The molecule has 0 aliphatic carbocycles. The molecule has 0 radical (unpaired) electrons. The minimum atomic E-state index is -0.328. The number of aryl methyl sites for hydroxylation is 1. The summed E-state index contributed by atoms with van der Waals surface area (Å²) >= 11 is 2.51. The van der Waals surface area contributed by atoms with E-state index < -0.39 is 0 Å². The zero-order valence-electron chi connectivity index (χ0n) is 15.8. The Kier molecular flexibility index (Phi) is 4.61. The van der Waals surface area contributed by atoms with Gasteiger partial charge in [0.15, 0.2) is 0 Å². The van der Waals surface area contributed by atoms with Gasteiger partial charge in [0, 0.05) is 10.9 Å². The number of nitrogens with one attached hydrogen (secondary N) is 1. The van der Waals surface area contributed by atoms with Gasteiger partial charge in [0.25, 0.3) is 5.56 Å². The summed E-state index contributed by atoms with van der Waals surface area (Å²) in [5, 5.41) is 5.29. The van der Waals surface area contributed by atoms with Gasteiger partial charge in [-0.1, -0.05) is 35.9 Å². The molecule has 3 heterocycles. The molecular formula is C21H15N5O2S2. The Bertz CT molecular complexity index is 1450. The predicted octanol–water partition coefficient (Wildman–Crippen LogP) is 4.08. The van der Waals surface area contributed by atoms with Crippen LogP contribution in [0.15, 0.2) is 59.0 Å². The summed E-state index contributed by atoms with van der Waals surface area (Å²) in [4.78, 5) is 30.8. The van der Waals surface area contributed by atoms with E-state index in [0.29, 0.717) is 21.4 Å². The number of carbonyl (C=O) groups is 1. The number of thiophene rings is 1. The maximum Gasteiger partial charge on any atom is 0.263 e. The number of amides is 1. The zero-order valence-corrected chi connectivity index (χ0v) is 17.5. The normalized spacial score (nSPS) is 11.2. The summed E-state index contributed by atoms with van der Waals surface area (Å²) in [5.74, 6) is -0.328. The molecule has 0 spiro atoms. The lowest BCUT2D eigenvalue weighted by molar-refractivity contribution is -0.116. The summed E-state index contributed by atoms with van der Waals surface area (Å²) < 4.78 is 9.72. The molecule has 0 saturated heterocycles. The molecule has 0 unspecified atom stereocenters. The molecule has 2 aromatic carbocycles. The molecule has 0 saturated carbocycles. The second-order valence-corrected chi connectivity index (χ2v) is 8.25. The Morgan fingerprint density at radius 1 is 1.13 bits per heavy atom. The number of nitrogens with zero attached hydrogens (tertiary/aromatic N) is 4. The molecule has 0 bridgehead atoms. The molecule has 0 aliphatic rings. The van der Waals surface area contributed by atoms with Gasteiger partial charge in [-0.05, 0) is 24.6 Å². The number of hydrogen-bond acceptors (Lipinski definition) is 7. The molecule has 9 heteroatoms. The van der Waals surface area contributed by atoms with Crippen LogP contribution in [-0.4, -0.2) is 24.2 Å². The van der Waals surface area contributed by atoms with Crippen LogP contribution in [0.5, 0.6) is 0 Å². The van der Waals surface area contributed by atoms with E-state index in [0.717, 1.165) is 33.9 Å². The van der Waals surface area contributed by atoms with E-state index in [-0.39, 0.29) is 18.0 Å². The maximum atomic E-state index is 13.1. The van der Waals surface area contributed by atoms with Crippen LogP contribution in [0.25, 0.3) is 32.4 Å². The van der Waals surface area contributed by atoms with Crippen LogP contribution in [0, 0.1) is 6.92 Å². The van der Waals surface area contributed by atoms with Gasteiger partial charge < -0.3 is 5.32 Å². The third-order valence-electron chi connectivity index (χ3n) is 4.80. The number of hydrogen-bond donors (Lipinski definition) is 1. The standard InChI is InChI=1S/C21H15N5O2S2/c1-12-5-7-13(8-6-12)14-10-29-20-18(14)21(28)26(11-22-20)9-17(27)23-15-3-2-4-16-19(15)25-30-24-16/h2-8,10-11H,9H2,1H3,(H,23,27). The number of rotatable bonds is 4. The third-order valence-corrected chi connectivity index (χ3v) is 6.23. The van der Waals surface area contributed by atoms with Crippen LogP contribution >= 0.6 is 23.1 Å². The highest BCUT2D eigenvalue weighted by Gasteiger charge is 2.15. The number of aromatic nitrogens is 4. The van der Waals surface area contributed by atoms with Crippen molar-refractivity contribution in [3.63, 3.8) is 0 Å². The number of anilines is 1. The van der Waals surface area contributed by atoms with E-state index >= 15 is 0 Å². The fraction of sp³-hybridized carbons (Fsp3) is 0.0952. The van der Waals surface area contributed by atoms with E-state index in [1.54, 1.807) is 12.1 Å². The molecule has 3 aromatic heterocycles. The summed E-state index contributed by atoms with van der Waals surface area (Å²) in [6, 6.07) is 13.4. The summed E-state index contributed by atoms with van der Waals surface area (Å²) in [5.41, 5.74) is 4.63. The molecule has 0 fully saturated rings. The zero-order chi connectivity index (χ0) is 20.7. The Hall–Kier alpha value is -3.43. The van der Waals surface area contributed by atoms with E-state index in [1.807, 2.05) is 42.6 Å². The molecule has 5 aromatic rings. The highest BCUT2D eigenvalue weighted by atomic mass is 32.1. The molecule has 0 aliphatic heterocycles. The largest absolute Gasteiger partial charge is 0.323 e. The fourth-order valence-corrected chi connectivity index (χ4v) is 4.73. The molecule has 1 amide bonds. The highest BCUT2D eigenvalue weighted by molar-refractivity contribution is 7.17. The quantitative estimate of drug-likeness (QED) is 0.461. The van der Waals surface area contributed by atoms with Crippen molar-refractivity contribution in [2.45, 2.75) is 13.5 Å². The van der Waals surface area contributed by atoms with Crippen molar-refractivity contribution in [2.24, 2.45) is 0 Å². The summed E-state index contributed by atoms with van der Waals surface area (Å²) in [6.07, 6.45) is 1.42. The van der Waals surface area contributed by atoms with Crippen LogP contribution in [-0.2, 0) is 11.3 Å². The molecule has 30 heavy (non-hydrogen) atoms. The van der Waals surface area contributed by atoms with Crippen LogP contribution in [0.2, 0.25) is 0 Å². The van der Waals surface area contributed by atoms with Crippen LogP contribution in [0.1, 0.15) is 5.56 Å². The third kappa shape index (κ3) is 3.27. The summed E-state index contributed by atoms with van der Waals surface area (Å²) in [6.45, 7) is 1.88. The predicted molar refractivity (Wildman–Crippen MR) is 120 cm³/mol. The first kappa shape index (κ1) is 18.6. The minimum Gasteiger partial charge on any atom is -0.323 e. The van der Waals surface area contributed by atoms with Gasteiger partial charge in [0.05, 0.1) is 29.1 Å². The number of benzene rings is 2. The lowest BCUT2D eigenvalue weighted by Gasteiger charge is -2.08. The Balaban J connectivity index is 1.47. The van der Waals surface area contributed by atoms with Crippen molar-refractivity contribution in [1.82, 2.24) is 18.3 Å². The van der Waals surface area contributed by atoms with Crippen molar-refractivity contribution in [3.05, 3.63) is 70.1 Å². The number of fused-ring (bicyclic) bond motifs is 2. The van der Waals surface area contributed by atoms with Crippen LogP contribution < -0.4 is 10.9 Å². The Labute approximate surface area is 179 Å². The van der Waals surface area contributed by atoms with Crippen molar-refractivity contribution in [3.8, 4) is 11.1 Å². The van der Waals surface area contributed by atoms with Gasteiger partial charge >= 0.3 is 0 Å². The lowest BCUT2D eigenvalue weighted by atomic mass is 10.1. The smallest absolute Gasteiger partial charge is 0.263 e. The minimum absolute atomic E-state index is 0.140. The van der Waals surface area contributed by atoms with Gasteiger partial charge in [-0.15, -0.1) is 11.3 Å². The van der Waals surface area contributed by atoms with E-state index in [9.17, 15) is 9.59 Å². The first-order valence-electron chi connectivity index (χ1n) is 9.15. The monoisotopic (exact) mass is 433 g/mol. The van der Waals surface area contributed by atoms with Gasteiger partial charge in [-0.3, -0.25) is 14.2 Å². The van der Waals surface area contributed by atoms with Crippen molar-refractivity contribution in [1.29, 1.82) is 0 Å². The maximum absolute atomic E-state index is 13.1. The van der Waals surface area contributed by atoms with Crippen molar-refractivity contribution < 1.29 is 4.79 Å². The van der Waals surface area contributed by atoms with E-state index in [2.05, 4.69) is 19.0 Å². The van der Waals surface area contributed by atoms with Crippen molar-refractivity contribution >= 4 is 55.9 Å². The Morgan fingerprint density at radius 2 is 1.97 bits per heavy atom. The second kappa shape index (κ2) is 7.43. The highest BCUT2D eigenvalue weighted by Crippen LogP contribution is 2.30. The van der Waals surface area contributed by atoms with E-state index in [4.69, 9.17) is 0 Å². The summed E-state index contributed by atoms with van der Waals surface area (Å²) in [7, 11) is 0. The average molecular weight is 434 g/mol. The van der Waals surface area contributed by atoms with Gasteiger partial charge in [-0.25, -0.2) is 4.98 Å². The average Bonchev–Trinajstić information content (AvgIpc) is 3.39. The first-order valence-corrected chi connectivity index (χ1v) is 10.8. The molecule has 1 N–H and O–H groups in total. The molecule has 148 valence electrons. The Morgan fingerprint density at radius 3 is 2.80 bits per heavy atom. The van der Waals surface area contributed by atoms with Crippen LogP contribution in [0.3, 0.4) is 0 Å². The molecule has 0 atom stereocenters. The SMILES string of the molecule is Cc1ccc(-c2csc3ncn(CC(=O)Nc4cccc5nsnc45)c(=O)c23)cc1. The van der Waals surface area contributed by atoms with E-state index in [1.165, 1.54) is 22.2 Å². The second-order valence-electron chi connectivity index (χ2n) is 6.86. The van der Waals surface area contributed by atoms with Crippen molar-refractivity contribution in [2.75, 3.05) is 5.32 Å². The topological polar surface area (TPSA) is 89.8 Å². The molecule has 5 rings (SSSR count). The molecule has 7 nitrogen and oxygen atoms in total. The molecular weight excluding hydrogens is 418 g/mol. The van der Waals surface area contributed by atoms with Crippen LogP contribution in [0.4, 0.5) is 5.69 Å². The van der Waals surface area contributed by atoms with Gasteiger partial charge in [0.1, 0.15) is 22.4 Å². The van der Waals surface area contributed by atoms with Gasteiger partial charge in [-0.2, -0.15) is 8.75 Å². The van der Waals surface area contributed by atoms with Gasteiger partial charge in [0.2, 0.25) is 5.91 Å². The lowest BCUT2D eigenvalue weighted by Crippen LogP contribution is -2.27. The first-order chi connectivity index (χ1) is 14.6.